The Labute approximate surface area is 291 Å². The van der Waals surface area contributed by atoms with Gasteiger partial charge in [-0.25, -0.2) is 19.9 Å². The summed E-state index contributed by atoms with van der Waals surface area (Å²) >= 11 is 1.73. The number of aromatic nitrogens is 4. The molecule has 0 amide bonds. The molecule has 3 aromatic heterocycles. The molecule has 0 aliphatic carbocycles. The van der Waals surface area contributed by atoms with Crippen LogP contribution in [0.1, 0.15) is 0 Å². The van der Waals surface area contributed by atoms with Crippen LogP contribution in [0.15, 0.2) is 162 Å². The second-order valence-electron chi connectivity index (χ2n) is 12.2. The second kappa shape index (κ2) is 11.6. The van der Waals surface area contributed by atoms with E-state index in [-0.39, 0.29) is 0 Å². The monoisotopic (exact) mass is 658 g/mol. The molecule has 10 aromatic rings. The first-order chi connectivity index (χ1) is 24.8. The molecule has 0 N–H and O–H groups in total. The van der Waals surface area contributed by atoms with Crippen molar-refractivity contribution in [3.8, 4) is 56.7 Å². The number of benzene rings is 7. The van der Waals surface area contributed by atoms with Crippen LogP contribution in [0.5, 0.6) is 0 Å². The van der Waals surface area contributed by atoms with Gasteiger partial charge in [0.15, 0.2) is 23.1 Å². The smallest absolute Gasteiger partial charge is 0.227 e. The van der Waals surface area contributed by atoms with Gasteiger partial charge in [0.05, 0.1) is 5.56 Å². The first kappa shape index (κ1) is 28.5. The van der Waals surface area contributed by atoms with Gasteiger partial charge in [0.25, 0.3) is 0 Å². The van der Waals surface area contributed by atoms with E-state index in [1.165, 1.54) is 4.70 Å². The maximum absolute atomic E-state index is 6.50. The molecule has 0 radical (unpaired) electrons. The third-order valence-electron chi connectivity index (χ3n) is 9.15. The van der Waals surface area contributed by atoms with Gasteiger partial charge in [-0.3, -0.25) is 0 Å². The van der Waals surface area contributed by atoms with Crippen molar-refractivity contribution in [1.82, 2.24) is 19.9 Å². The number of fused-ring (bicyclic) bond motifs is 5. The summed E-state index contributed by atoms with van der Waals surface area (Å²) in [5.41, 5.74) is 7.14. The third-order valence-corrected chi connectivity index (χ3v) is 10.3. The molecule has 0 atom stereocenters. The quantitative estimate of drug-likeness (QED) is 0.184. The van der Waals surface area contributed by atoms with Crippen molar-refractivity contribution in [3.05, 3.63) is 158 Å². The highest BCUT2D eigenvalue weighted by molar-refractivity contribution is 7.26. The Bertz CT molecular complexity index is 2860. The average Bonchev–Trinajstić information content (AvgIpc) is 3.78. The number of hydrogen-bond donors (Lipinski definition) is 0. The van der Waals surface area contributed by atoms with E-state index >= 15 is 0 Å². The van der Waals surface area contributed by atoms with Crippen LogP contribution in [-0.4, -0.2) is 19.9 Å². The molecule has 0 unspecified atom stereocenters. The number of rotatable bonds is 5. The van der Waals surface area contributed by atoms with Gasteiger partial charge in [-0.15, -0.1) is 11.3 Å². The minimum Gasteiger partial charge on any atom is -0.436 e. The zero-order valence-corrected chi connectivity index (χ0v) is 27.4. The Morgan fingerprint density at radius 1 is 0.440 bits per heavy atom. The first-order valence-electron chi connectivity index (χ1n) is 16.5. The lowest BCUT2D eigenvalue weighted by molar-refractivity contribution is 0.620. The molecular formula is C44H26N4OS. The Hall–Kier alpha value is -6.50. The predicted octanol–water partition coefficient (Wildman–Crippen LogP) is 11.9. The van der Waals surface area contributed by atoms with Crippen molar-refractivity contribution in [2.75, 3.05) is 0 Å². The Balaban J connectivity index is 1.32. The van der Waals surface area contributed by atoms with Gasteiger partial charge in [-0.05, 0) is 52.2 Å². The van der Waals surface area contributed by atoms with Crippen molar-refractivity contribution in [2.45, 2.75) is 0 Å². The van der Waals surface area contributed by atoms with Crippen molar-refractivity contribution in [2.24, 2.45) is 0 Å². The molecule has 0 saturated carbocycles. The molecule has 0 aliphatic rings. The molecular weight excluding hydrogens is 633 g/mol. The summed E-state index contributed by atoms with van der Waals surface area (Å²) in [6.07, 6.45) is 0. The maximum atomic E-state index is 6.50. The molecule has 5 nitrogen and oxygen atoms in total. The van der Waals surface area contributed by atoms with E-state index in [4.69, 9.17) is 24.4 Å². The third kappa shape index (κ3) is 4.77. The largest absolute Gasteiger partial charge is 0.436 e. The summed E-state index contributed by atoms with van der Waals surface area (Å²) in [4.78, 5) is 20.9. The van der Waals surface area contributed by atoms with Crippen LogP contribution in [-0.2, 0) is 0 Å². The van der Waals surface area contributed by atoms with E-state index in [0.29, 0.717) is 28.9 Å². The van der Waals surface area contributed by atoms with Crippen LogP contribution < -0.4 is 0 Å². The highest BCUT2D eigenvalue weighted by Crippen LogP contribution is 2.45. The van der Waals surface area contributed by atoms with Crippen molar-refractivity contribution < 1.29 is 4.42 Å². The molecule has 0 fully saturated rings. The summed E-state index contributed by atoms with van der Waals surface area (Å²) in [5.74, 6) is 2.29. The van der Waals surface area contributed by atoms with Crippen LogP contribution in [0.4, 0.5) is 0 Å². The predicted molar refractivity (Wildman–Crippen MR) is 205 cm³/mol. The van der Waals surface area contributed by atoms with Gasteiger partial charge in [-0.1, -0.05) is 121 Å². The lowest BCUT2D eigenvalue weighted by Crippen LogP contribution is -2.02. The van der Waals surface area contributed by atoms with Crippen LogP contribution in [0, 0.1) is 0 Å². The number of nitrogens with zero attached hydrogens (tertiary/aromatic N) is 4. The normalized spacial score (nSPS) is 11.6. The number of oxazole rings is 1. The van der Waals surface area contributed by atoms with E-state index in [1.54, 1.807) is 11.3 Å². The molecule has 0 saturated heterocycles. The van der Waals surface area contributed by atoms with Crippen LogP contribution >= 0.6 is 11.3 Å². The van der Waals surface area contributed by atoms with E-state index in [2.05, 4.69) is 91.0 Å². The van der Waals surface area contributed by atoms with Gasteiger partial charge in [-0.2, -0.15) is 0 Å². The molecule has 0 spiro atoms. The molecule has 7 aromatic carbocycles. The van der Waals surface area contributed by atoms with Gasteiger partial charge in [0.2, 0.25) is 5.89 Å². The topological polar surface area (TPSA) is 64.7 Å². The minimum absolute atomic E-state index is 0.549. The van der Waals surface area contributed by atoms with E-state index in [0.717, 1.165) is 65.1 Å². The lowest BCUT2D eigenvalue weighted by Gasteiger charge is -2.14. The summed E-state index contributed by atoms with van der Waals surface area (Å²) < 4.78 is 8.76. The van der Waals surface area contributed by atoms with Crippen molar-refractivity contribution in [1.29, 1.82) is 0 Å². The average molecular weight is 659 g/mol. The van der Waals surface area contributed by atoms with Gasteiger partial charge in [0.1, 0.15) is 5.52 Å². The highest BCUT2D eigenvalue weighted by Gasteiger charge is 2.24. The summed E-state index contributed by atoms with van der Waals surface area (Å²) in [6, 6.07) is 54.0. The van der Waals surface area contributed by atoms with E-state index < -0.39 is 0 Å². The maximum Gasteiger partial charge on any atom is 0.227 e. The first-order valence-corrected chi connectivity index (χ1v) is 17.3. The Kier molecular flexibility index (Phi) is 6.60. The molecule has 0 aliphatic heterocycles. The second-order valence-corrected chi connectivity index (χ2v) is 13.3. The standard InChI is InChI=1S/C44H26N4OS/c1-4-14-27(15-5-1)33-24-30-20-10-11-21-31(30)25-34(33)42-46-41(28-16-6-2-7-17-28)47-43(48-42)39-38-32-22-12-13-23-36(32)50-37(38)26-35-40(39)45-44(49-35)29-18-8-3-9-19-29/h1-26H. The summed E-state index contributed by atoms with van der Waals surface area (Å²) in [5, 5.41) is 4.46. The highest BCUT2D eigenvalue weighted by atomic mass is 32.1. The molecule has 234 valence electrons. The zero-order valence-electron chi connectivity index (χ0n) is 26.6. The van der Waals surface area contributed by atoms with Crippen LogP contribution in [0.25, 0.3) is 98.8 Å². The van der Waals surface area contributed by atoms with E-state index in [1.807, 2.05) is 66.7 Å². The van der Waals surface area contributed by atoms with Crippen LogP contribution in [0.3, 0.4) is 0 Å². The number of hydrogen-bond acceptors (Lipinski definition) is 6. The van der Waals surface area contributed by atoms with Gasteiger partial charge < -0.3 is 4.42 Å². The SMILES string of the molecule is c1ccc(-c2nc(-c3cc4ccccc4cc3-c3ccccc3)nc(-c3c4nc(-c5ccccc5)oc4cc4sc5ccccc5c34)n2)cc1. The fourth-order valence-corrected chi connectivity index (χ4v) is 7.94. The number of thiophene rings is 1. The Morgan fingerprint density at radius 3 is 1.76 bits per heavy atom. The van der Waals surface area contributed by atoms with E-state index in [9.17, 15) is 0 Å². The van der Waals surface area contributed by atoms with Gasteiger partial charge in [0, 0.05) is 42.9 Å². The molecule has 3 heterocycles. The molecule has 0 bridgehead atoms. The summed E-state index contributed by atoms with van der Waals surface area (Å²) in [7, 11) is 0. The summed E-state index contributed by atoms with van der Waals surface area (Å²) in [6.45, 7) is 0. The minimum atomic E-state index is 0.549. The van der Waals surface area contributed by atoms with Crippen molar-refractivity contribution >= 4 is 53.4 Å². The lowest BCUT2D eigenvalue weighted by atomic mass is 9.95. The van der Waals surface area contributed by atoms with Crippen molar-refractivity contribution in [3.63, 3.8) is 0 Å². The molecule has 10 rings (SSSR count). The van der Waals surface area contributed by atoms with Gasteiger partial charge >= 0.3 is 0 Å². The zero-order chi connectivity index (χ0) is 33.0. The fraction of sp³-hybridized carbons (Fsp3) is 0. The molecule has 6 heteroatoms. The fourth-order valence-electron chi connectivity index (χ4n) is 6.80. The Morgan fingerprint density at radius 2 is 1.02 bits per heavy atom. The molecule has 50 heavy (non-hydrogen) atoms. The van der Waals surface area contributed by atoms with Crippen LogP contribution in [0.2, 0.25) is 0 Å².